The predicted octanol–water partition coefficient (Wildman–Crippen LogP) is 1.28. The number of hydrogen-bond acceptors (Lipinski definition) is 4. The highest BCUT2D eigenvalue weighted by atomic mass is 16.5. The number of guanidine groups is 1. The van der Waals surface area contributed by atoms with Crippen LogP contribution in [0.15, 0.2) is 29.3 Å². The Morgan fingerprint density at radius 1 is 1.32 bits per heavy atom. The molecule has 0 spiro atoms. The molecule has 4 N–H and O–H groups in total. The Balaban J connectivity index is 2.30. The molecule has 0 fully saturated rings. The van der Waals surface area contributed by atoms with Gasteiger partial charge >= 0.3 is 0 Å². The minimum Gasteiger partial charge on any atom is -0.484 e. The van der Waals surface area contributed by atoms with Crippen LogP contribution in [0.1, 0.15) is 25.8 Å². The molecule has 1 aromatic carbocycles. The zero-order valence-corrected chi connectivity index (χ0v) is 15.4. The maximum Gasteiger partial charge on any atom is 0.255 e. The summed E-state index contributed by atoms with van der Waals surface area (Å²) in [6, 6.07) is 7.49. The molecule has 0 radical (unpaired) electrons. The van der Waals surface area contributed by atoms with Crippen molar-refractivity contribution in [1.82, 2.24) is 10.6 Å². The molecule has 0 atom stereocenters. The Kier molecular flexibility index (Phi) is 10.1. The summed E-state index contributed by atoms with van der Waals surface area (Å²) >= 11 is 0. The standard InChI is InChI=1S/C18H30N4O3/c1-14(2)12-24-9-5-8-21-18(20-3)22-11-15-6-4-7-16(10-15)25-13-17(19)23/h4,6-7,10,14H,5,8-9,11-13H2,1-3H3,(H2,19,23)(H2,20,21,22). The quantitative estimate of drug-likeness (QED) is 0.317. The van der Waals surface area contributed by atoms with Gasteiger partial charge in [-0.1, -0.05) is 26.0 Å². The van der Waals surface area contributed by atoms with Gasteiger partial charge in [0.15, 0.2) is 12.6 Å². The molecule has 0 bridgehead atoms. The number of carbonyl (C=O) groups is 1. The molecular weight excluding hydrogens is 320 g/mol. The number of ether oxygens (including phenoxy) is 2. The van der Waals surface area contributed by atoms with Crippen molar-refractivity contribution >= 4 is 11.9 Å². The summed E-state index contributed by atoms with van der Waals surface area (Å²) in [5.41, 5.74) is 6.10. The van der Waals surface area contributed by atoms with Crippen molar-refractivity contribution < 1.29 is 14.3 Å². The first-order chi connectivity index (χ1) is 12.0. The topological polar surface area (TPSA) is 98.0 Å². The molecule has 1 aromatic rings. The van der Waals surface area contributed by atoms with E-state index in [2.05, 4.69) is 29.5 Å². The number of hydrogen-bond donors (Lipinski definition) is 3. The van der Waals surface area contributed by atoms with Gasteiger partial charge in [-0.05, 0) is 30.0 Å². The van der Waals surface area contributed by atoms with E-state index in [1.54, 1.807) is 13.1 Å². The maximum atomic E-state index is 10.8. The van der Waals surface area contributed by atoms with E-state index >= 15 is 0 Å². The predicted molar refractivity (Wildman–Crippen MR) is 99.6 cm³/mol. The summed E-state index contributed by atoms with van der Waals surface area (Å²) < 4.78 is 10.8. The van der Waals surface area contributed by atoms with Crippen LogP contribution in [0.3, 0.4) is 0 Å². The Labute approximate surface area is 150 Å². The van der Waals surface area contributed by atoms with Gasteiger partial charge in [0.25, 0.3) is 5.91 Å². The molecule has 140 valence electrons. The van der Waals surface area contributed by atoms with Gasteiger partial charge in [0, 0.05) is 33.4 Å². The first-order valence-electron chi connectivity index (χ1n) is 8.53. The van der Waals surface area contributed by atoms with Crippen LogP contribution >= 0.6 is 0 Å². The summed E-state index contributed by atoms with van der Waals surface area (Å²) in [6.07, 6.45) is 0.920. The van der Waals surface area contributed by atoms with E-state index < -0.39 is 5.91 Å². The highest BCUT2D eigenvalue weighted by Crippen LogP contribution is 2.12. The highest BCUT2D eigenvalue weighted by molar-refractivity contribution is 5.79. The van der Waals surface area contributed by atoms with Crippen molar-refractivity contribution in [3.05, 3.63) is 29.8 Å². The zero-order chi connectivity index (χ0) is 18.5. The van der Waals surface area contributed by atoms with Gasteiger partial charge in [0.1, 0.15) is 5.75 Å². The summed E-state index contributed by atoms with van der Waals surface area (Å²) in [4.78, 5) is 15.0. The molecule has 25 heavy (non-hydrogen) atoms. The van der Waals surface area contributed by atoms with Gasteiger partial charge in [-0.25, -0.2) is 0 Å². The van der Waals surface area contributed by atoms with Gasteiger partial charge in [0.05, 0.1) is 0 Å². The molecule has 1 rings (SSSR count). The second-order valence-electron chi connectivity index (χ2n) is 6.08. The first-order valence-corrected chi connectivity index (χ1v) is 8.53. The number of aliphatic imine (C=N–C) groups is 1. The maximum absolute atomic E-state index is 10.8. The summed E-state index contributed by atoms with van der Waals surface area (Å²) in [5.74, 6) is 1.41. The third kappa shape index (κ3) is 10.2. The minimum atomic E-state index is -0.495. The van der Waals surface area contributed by atoms with E-state index in [1.807, 2.05) is 18.2 Å². The van der Waals surface area contributed by atoms with Crippen molar-refractivity contribution in [3.8, 4) is 5.75 Å². The van der Waals surface area contributed by atoms with Crippen LogP contribution < -0.4 is 21.1 Å². The molecule has 0 aliphatic rings. The summed E-state index contributed by atoms with van der Waals surface area (Å²) in [6.45, 7) is 7.06. The van der Waals surface area contributed by atoms with Crippen LogP contribution in [0.25, 0.3) is 0 Å². The van der Waals surface area contributed by atoms with Crippen molar-refractivity contribution in [2.24, 2.45) is 16.6 Å². The van der Waals surface area contributed by atoms with E-state index in [-0.39, 0.29) is 6.61 Å². The Morgan fingerprint density at radius 2 is 2.12 bits per heavy atom. The smallest absolute Gasteiger partial charge is 0.255 e. The van der Waals surface area contributed by atoms with Crippen molar-refractivity contribution in [2.75, 3.05) is 33.4 Å². The number of primary amides is 1. The molecular formula is C18H30N4O3. The van der Waals surface area contributed by atoms with Crippen LogP contribution in [-0.2, 0) is 16.1 Å². The number of nitrogens with one attached hydrogen (secondary N) is 2. The van der Waals surface area contributed by atoms with Gasteiger partial charge in [-0.2, -0.15) is 0 Å². The molecule has 0 heterocycles. The molecule has 0 unspecified atom stereocenters. The van der Waals surface area contributed by atoms with Crippen LogP contribution in [0, 0.1) is 5.92 Å². The normalized spacial score (nSPS) is 11.4. The average molecular weight is 350 g/mol. The summed E-state index contributed by atoms with van der Waals surface area (Å²) in [7, 11) is 1.73. The Morgan fingerprint density at radius 3 is 2.80 bits per heavy atom. The number of benzene rings is 1. The Hall–Kier alpha value is -2.28. The van der Waals surface area contributed by atoms with Crippen molar-refractivity contribution in [2.45, 2.75) is 26.8 Å². The van der Waals surface area contributed by atoms with Gasteiger partial charge in [-0.3, -0.25) is 9.79 Å². The number of nitrogens with two attached hydrogens (primary N) is 1. The minimum absolute atomic E-state index is 0.126. The first kappa shape index (κ1) is 20.8. The van der Waals surface area contributed by atoms with Crippen molar-refractivity contribution in [1.29, 1.82) is 0 Å². The monoisotopic (exact) mass is 350 g/mol. The molecule has 0 saturated carbocycles. The number of carbonyl (C=O) groups excluding carboxylic acids is 1. The Bertz CT molecular complexity index is 547. The lowest BCUT2D eigenvalue weighted by Crippen LogP contribution is -2.37. The van der Waals surface area contributed by atoms with Gasteiger partial charge in [0.2, 0.25) is 0 Å². The molecule has 7 nitrogen and oxygen atoms in total. The van der Waals surface area contributed by atoms with Crippen molar-refractivity contribution in [3.63, 3.8) is 0 Å². The van der Waals surface area contributed by atoms with E-state index in [0.717, 1.165) is 37.7 Å². The lowest BCUT2D eigenvalue weighted by atomic mass is 10.2. The second-order valence-corrected chi connectivity index (χ2v) is 6.08. The highest BCUT2D eigenvalue weighted by Gasteiger charge is 2.02. The molecule has 1 amide bonds. The SMILES string of the molecule is CN=C(NCCCOCC(C)C)NCc1cccc(OCC(N)=O)c1. The van der Waals surface area contributed by atoms with Crippen LogP contribution in [0.2, 0.25) is 0 Å². The fourth-order valence-electron chi connectivity index (χ4n) is 2.01. The number of rotatable bonds is 11. The van der Waals surface area contributed by atoms with Gasteiger partial charge in [-0.15, -0.1) is 0 Å². The van der Waals surface area contributed by atoms with E-state index in [0.29, 0.717) is 18.2 Å². The van der Waals surface area contributed by atoms with Crippen LogP contribution in [0.4, 0.5) is 0 Å². The van der Waals surface area contributed by atoms with E-state index in [9.17, 15) is 4.79 Å². The van der Waals surface area contributed by atoms with Gasteiger partial charge < -0.3 is 25.8 Å². The average Bonchev–Trinajstić information content (AvgIpc) is 2.58. The lowest BCUT2D eigenvalue weighted by molar-refractivity contribution is -0.119. The number of nitrogens with zero attached hydrogens (tertiary/aromatic N) is 1. The third-order valence-corrected chi connectivity index (χ3v) is 3.17. The van der Waals surface area contributed by atoms with E-state index in [4.69, 9.17) is 15.2 Å². The zero-order valence-electron chi connectivity index (χ0n) is 15.4. The second kappa shape index (κ2) is 12.1. The molecule has 0 saturated heterocycles. The lowest BCUT2D eigenvalue weighted by Gasteiger charge is -2.13. The van der Waals surface area contributed by atoms with Crippen LogP contribution in [-0.4, -0.2) is 45.3 Å². The molecule has 7 heteroatoms. The molecule has 0 aliphatic heterocycles. The fourth-order valence-corrected chi connectivity index (χ4v) is 2.01. The largest absolute Gasteiger partial charge is 0.484 e. The molecule has 0 aliphatic carbocycles. The van der Waals surface area contributed by atoms with E-state index in [1.165, 1.54) is 0 Å². The van der Waals surface area contributed by atoms with Crippen LogP contribution in [0.5, 0.6) is 5.75 Å². The fraction of sp³-hybridized carbons (Fsp3) is 0.556. The summed E-state index contributed by atoms with van der Waals surface area (Å²) in [5, 5.41) is 6.49. The third-order valence-electron chi connectivity index (χ3n) is 3.17. The molecule has 0 aromatic heterocycles. The number of amides is 1.